The van der Waals surface area contributed by atoms with E-state index in [1.54, 1.807) is 11.3 Å². The molecule has 2 nitrogen and oxygen atoms in total. The number of aromatic nitrogens is 1. The molecule has 0 aromatic carbocycles. The Morgan fingerprint density at radius 3 is 2.60 bits per heavy atom. The Bertz CT molecular complexity index is 274. The molecule has 0 aliphatic heterocycles. The van der Waals surface area contributed by atoms with Crippen LogP contribution in [0.3, 0.4) is 0 Å². The standard InChI is InChI=1S/C12H22N2S/c1-9(12(2,3)4)7-10(13)8-11-14-5-6-15-11/h5-6,9-10H,7-8,13H2,1-4H3. The Balaban J connectivity index is 2.39. The summed E-state index contributed by atoms with van der Waals surface area (Å²) >= 11 is 1.69. The largest absolute Gasteiger partial charge is 0.327 e. The highest BCUT2D eigenvalue weighted by Crippen LogP contribution is 2.29. The number of hydrogen-bond acceptors (Lipinski definition) is 3. The van der Waals surface area contributed by atoms with E-state index < -0.39 is 0 Å². The molecule has 0 fully saturated rings. The Labute approximate surface area is 96.9 Å². The van der Waals surface area contributed by atoms with Gasteiger partial charge in [-0.3, -0.25) is 0 Å². The fourth-order valence-electron chi connectivity index (χ4n) is 1.47. The van der Waals surface area contributed by atoms with E-state index >= 15 is 0 Å². The first-order valence-corrected chi connectivity index (χ1v) is 6.41. The lowest BCUT2D eigenvalue weighted by Crippen LogP contribution is -2.30. The van der Waals surface area contributed by atoms with Crippen molar-refractivity contribution in [3.8, 4) is 0 Å². The molecule has 0 bridgehead atoms. The molecule has 1 heterocycles. The molecular weight excluding hydrogens is 204 g/mol. The van der Waals surface area contributed by atoms with Crippen molar-refractivity contribution < 1.29 is 0 Å². The quantitative estimate of drug-likeness (QED) is 0.857. The molecule has 0 spiro atoms. The van der Waals surface area contributed by atoms with E-state index in [1.165, 1.54) is 0 Å². The molecule has 2 unspecified atom stereocenters. The van der Waals surface area contributed by atoms with Crippen molar-refractivity contribution in [2.24, 2.45) is 17.1 Å². The molecule has 0 aliphatic carbocycles. The molecule has 2 atom stereocenters. The normalized spacial score (nSPS) is 16.3. The van der Waals surface area contributed by atoms with E-state index in [0.29, 0.717) is 11.3 Å². The third-order valence-corrected chi connectivity index (χ3v) is 3.86. The van der Waals surface area contributed by atoms with Gasteiger partial charge in [-0.15, -0.1) is 11.3 Å². The minimum absolute atomic E-state index is 0.241. The topological polar surface area (TPSA) is 38.9 Å². The molecule has 1 aromatic heterocycles. The van der Waals surface area contributed by atoms with Gasteiger partial charge in [0.25, 0.3) is 0 Å². The second-order valence-electron chi connectivity index (χ2n) is 5.39. The highest BCUT2D eigenvalue weighted by Gasteiger charge is 2.22. The second-order valence-corrected chi connectivity index (χ2v) is 6.37. The van der Waals surface area contributed by atoms with E-state index in [4.69, 9.17) is 5.73 Å². The molecule has 0 saturated heterocycles. The van der Waals surface area contributed by atoms with E-state index in [0.717, 1.165) is 17.8 Å². The molecule has 0 aliphatic rings. The van der Waals surface area contributed by atoms with Crippen LogP contribution in [-0.4, -0.2) is 11.0 Å². The molecule has 86 valence electrons. The summed E-state index contributed by atoms with van der Waals surface area (Å²) in [7, 11) is 0. The van der Waals surface area contributed by atoms with Crippen molar-refractivity contribution in [2.45, 2.75) is 46.6 Å². The van der Waals surface area contributed by atoms with Crippen molar-refractivity contribution in [1.29, 1.82) is 0 Å². The fourth-order valence-corrected chi connectivity index (χ4v) is 2.18. The van der Waals surface area contributed by atoms with E-state index in [9.17, 15) is 0 Å². The van der Waals surface area contributed by atoms with Gasteiger partial charge >= 0.3 is 0 Å². The first-order chi connectivity index (χ1) is 6.89. The van der Waals surface area contributed by atoms with Crippen LogP contribution in [0, 0.1) is 11.3 Å². The summed E-state index contributed by atoms with van der Waals surface area (Å²) < 4.78 is 0. The average Bonchev–Trinajstić information content (AvgIpc) is 2.54. The minimum Gasteiger partial charge on any atom is -0.327 e. The third-order valence-electron chi connectivity index (χ3n) is 3.05. The van der Waals surface area contributed by atoms with Gasteiger partial charge in [0.15, 0.2) is 0 Å². The lowest BCUT2D eigenvalue weighted by Gasteiger charge is -2.29. The van der Waals surface area contributed by atoms with Crippen molar-refractivity contribution in [3.05, 3.63) is 16.6 Å². The van der Waals surface area contributed by atoms with Gasteiger partial charge in [0, 0.05) is 24.0 Å². The minimum atomic E-state index is 0.241. The van der Waals surface area contributed by atoms with Crippen LogP contribution >= 0.6 is 11.3 Å². The van der Waals surface area contributed by atoms with Gasteiger partial charge in [-0.2, -0.15) is 0 Å². The number of hydrogen-bond donors (Lipinski definition) is 1. The van der Waals surface area contributed by atoms with Gasteiger partial charge in [-0.25, -0.2) is 4.98 Å². The van der Waals surface area contributed by atoms with Gasteiger partial charge in [0.1, 0.15) is 0 Å². The van der Waals surface area contributed by atoms with Crippen molar-refractivity contribution in [1.82, 2.24) is 4.98 Å². The third kappa shape index (κ3) is 4.31. The zero-order chi connectivity index (χ0) is 11.5. The van der Waals surface area contributed by atoms with Crippen LogP contribution in [0.15, 0.2) is 11.6 Å². The predicted molar refractivity (Wildman–Crippen MR) is 67.0 cm³/mol. The first-order valence-electron chi connectivity index (χ1n) is 5.53. The number of nitrogens with zero attached hydrogens (tertiary/aromatic N) is 1. The Morgan fingerprint density at radius 2 is 2.13 bits per heavy atom. The molecule has 0 radical (unpaired) electrons. The molecule has 0 amide bonds. The van der Waals surface area contributed by atoms with Crippen LogP contribution in [0.2, 0.25) is 0 Å². The zero-order valence-corrected chi connectivity index (χ0v) is 11.0. The summed E-state index contributed by atoms with van der Waals surface area (Å²) in [5.74, 6) is 0.646. The smallest absolute Gasteiger partial charge is 0.0940 e. The van der Waals surface area contributed by atoms with Crippen molar-refractivity contribution in [3.63, 3.8) is 0 Å². The SMILES string of the molecule is CC(CC(N)Cc1nccs1)C(C)(C)C. The number of nitrogens with two attached hydrogens (primary N) is 1. The van der Waals surface area contributed by atoms with Gasteiger partial charge in [-0.1, -0.05) is 27.7 Å². The van der Waals surface area contributed by atoms with Gasteiger partial charge in [-0.05, 0) is 17.8 Å². The summed E-state index contributed by atoms with van der Waals surface area (Å²) in [6.07, 6.45) is 3.83. The first kappa shape index (κ1) is 12.7. The lowest BCUT2D eigenvalue weighted by atomic mass is 9.78. The molecule has 1 aromatic rings. The fraction of sp³-hybridized carbons (Fsp3) is 0.750. The van der Waals surface area contributed by atoms with Gasteiger partial charge < -0.3 is 5.73 Å². The van der Waals surface area contributed by atoms with Crippen molar-refractivity contribution in [2.75, 3.05) is 0 Å². The number of rotatable bonds is 4. The van der Waals surface area contributed by atoms with Crippen LogP contribution in [0.4, 0.5) is 0 Å². The Kier molecular flexibility index (Phi) is 4.29. The van der Waals surface area contributed by atoms with Crippen LogP contribution in [0.25, 0.3) is 0 Å². The van der Waals surface area contributed by atoms with E-state index in [-0.39, 0.29) is 6.04 Å². The highest BCUT2D eigenvalue weighted by atomic mass is 32.1. The van der Waals surface area contributed by atoms with Crippen LogP contribution in [-0.2, 0) is 6.42 Å². The molecule has 1 rings (SSSR count). The summed E-state index contributed by atoms with van der Waals surface area (Å²) in [6, 6.07) is 0.241. The van der Waals surface area contributed by atoms with E-state index in [2.05, 4.69) is 32.7 Å². The predicted octanol–water partition coefficient (Wildman–Crippen LogP) is 3.09. The molecule has 3 heteroatoms. The summed E-state index contributed by atoms with van der Waals surface area (Å²) in [4.78, 5) is 4.26. The van der Waals surface area contributed by atoms with Crippen LogP contribution in [0.1, 0.15) is 39.1 Å². The van der Waals surface area contributed by atoms with Gasteiger partial charge in [0.2, 0.25) is 0 Å². The monoisotopic (exact) mass is 226 g/mol. The summed E-state index contributed by atoms with van der Waals surface area (Å²) in [6.45, 7) is 9.09. The zero-order valence-electron chi connectivity index (χ0n) is 10.2. The molecular formula is C12H22N2S. The Morgan fingerprint density at radius 1 is 1.47 bits per heavy atom. The highest BCUT2D eigenvalue weighted by molar-refractivity contribution is 7.09. The van der Waals surface area contributed by atoms with Crippen molar-refractivity contribution >= 4 is 11.3 Å². The Hall–Kier alpha value is -0.410. The van der Waals surface area contributed by atoms with Gasteiger partial charge in [0.05, 0.1) is 5.01 Å². The summed E-state index contributed by atoms with van der Waals surface area (Å²) in [5, 5.41) is 3.17. The molecule has 0 saturated carbocycles. The lowest BCUT2D eigenvalue weighted by molar-refractivity contribution is 0.233. The maximum Gasteiger partial charge on any atom is 0.0940 e. The second kappa shape index (κ2) is 5.08. The van der Waals surface area contributed by atoms with Crippen LogP contribution < -0.4 is 5.73 Å². The number of thiazole rings is 1. The van der Waals surface area contributed by atoms with E-state index in [1.807, 2.05) is 11.6 Å². The summed E-state index contributed by atoms with van der Waals surface area (Å²) in [5.41, 5.74) is 6.48. The van der Waals surface area contributed by atoms with Crippen LogP contribution in [0.5, 0.6) is 0 Å². The molecule has 15 heavy (non-hydrogen) atoms. The average molecular weight is 226 g/mol. The molecule has 2 N–H and O–H groups in total. The maximum absolute atomic E-state index is 6.13. The maximum atomic E-state index is 6.13.